The molecule has 2 aromatic carbocycles. The predicted molar refractivity (Wildman–Crippen MR) is 93.1 cm³/mol. The van der Waals surface area contributed by atoms with Gasteiger partial charge in [-0.05, 0) is 60.7 Å². The Balaban J connectivity index is 1.92. The summed E-state index contributed by atoms with van der Waals surface area (Å²) in [4.78, 5) is 16.4. The number of benzene rings is 2. The average Bonchev–Trinajstić information content (AvgIpc) is 2.60. The smallest absolute Gasteiger partial charge is 0.185 e. The van der Waals surface area contributed by atoms with Crippen molar-refractivity contribution >= 4 is 34.4 Å². The molecule has 0 N–H and O–H groups in total. The van der Waals surface area contributed by atoms with Gasteiger partial charge < -0.3 is 4.74 Å². The highest BCUT2D eigenvalue weighted by atomic mass is 35.5. The highest BCUT2D eigenvalue weighted by Crippen LogP contribution is 2.25. The number of halogens is 2. The maximum atomic E-state index is 12.9. The molecule has 0 bridgehead atoms. The molecule has 3 aromatic rings. The molecular weight excluding hydrogens is 329 g/mol. The summed E-state index contributed by atoms with van der Waals surface area (Å²) < 4.78 is 18.1. The second-order valence-corrected chi connectivity index (χ2v) is 5.49. The van der Waals surface area contributed by atoms with Crippen molar-refractivity contribution in [1.29, 1.82) is 0 Å². The third kappa shape index (κ3) is 3.44. The van der Waals surface area contributed by atoms with Crippen LogP contribution in [0.2, 0.25) is 5.15 Å². The monoisotopic (exact) mass is 341 g/mol. The Hall–Kier alpha value is -2.72. The van der Waals surface area contributed by atoms with E-state index in [2.05, 4.69) is 4.98 Å². The maximum Gasteiger partial charge on any atom is 0.185 e. The van der Waals surface area contributed by atoms with E-state index < -0.39 is 0 Å². The summed E-state index contributed by atoms with van der Waals surface area (Å²) in [6.07, 6.45) is 2.99. The van der Waals surface area contributed by atoms with Gasteiger partial charge in [-0.15, -0.1) is 0 Å². The van der Waals surface area contributed by atoms with Crippen molar-refractivity contribution in [3.8, 4) is 5.75 Å². The van der Waals surface area contributed by atoms with Gasteiger partial charge in [0.25, 0.3) is 0 Å². The van der Waals surface area contributed by atoms with Crippen LogP contribution in [0, 0.1) is 5.82 Å². The number of methoxy groups -OCH3 is 1. The lowest BCUT2D eigenvalue weighted by Gasteiger charge is -2.05. The lowest BCUT2D eigenvalue weighted by Crippen LogP contribution is -1.94. The zero-order valence-electron chi connectivity index (χ0n) is 12.8. The van der Waals surface area contributed by atoms with E-state index in [0.29, 0.717) is 22.0 Å². The Bertz CT molecular complexity index is 936. The molecule has 120 valence electrons. The molecule has 3 rings (SSSR count). The standard InChI is InChI=1S/C19H13ClFNO2/c1-24-16-7-8-17-14(11-16)10-13(19(20)22-17)4-9-18(23)12-2-5-15(21)6-3-12/h2-11H,1H3/b9-4-. The van der Waals surface area contributed by atoms with Gasteiger partial charge in [0, 0.05) is 16.5 Å². The Kier molecular flexibility index (Phi) is 4.58. The van der Waals surface area contributed by atoms with Crippen LogP contribution >= 0.6 is 11.6 Å². The summed E-state index contributed by atoms with van der Waals surface area (Å²) in [7, 11) is 1.59. The van der Waals surface area contributed by atoms with Gasteiger partial charge in [-0.2, -0.15) is 0 Å². The average molecular weight is 342 g/mol. The van der Waals surface area contributed by atoms with Crippen LogP contribution in [-0.4, -0.2) is 17.9 Å². The fourth-order valence-electron chi connectivity index (χ4n) is 2.27. The molecule has 0 atom stereocenters. The summed E-state index contributed by atoms with van der Waals surface area (Å²) in [6, 6.07) is 12.7. The number of ether oxygens (including phenoxy) is 1. The fourth-order valence-corrected chi connectivity index (χ4v) is 2.48. The van der Waals surface area contributed by atoms with Crippen molar-refractivity contribution in [2.75, 3.05) is 7.11 Å². The first-order chi connectivity index (χ1) is 11.6. The molecule has 0 amide bonds. The van der Waals surface area contributed by atoms with Crippen molar-refractivity contribution in [3.63, 3.8) is 0 Å². The number of ketones is 1. The molecule has 0 aliphatic heterocycles. The minimum atomic E-state index is -0.383. The van der Waals surface area contributed by atoms with Gasteiger partial charge in [0.2, 0.25) is 0 Å². The highest BCUT2D eigenvalue weighted by molar-refractivity contribution is 6.31. The summed E-state index contributed by atoms with van der Waals surface area (Å²) >= 11 is 6.17. The van der Waals surface area contributed by atoms with Crippen LogP contribution in [0.5, 0.6) is 5.75 Å². The third-order valence-electron chi connectivity index (χ3n) is 3.55. The molecule has 1 aromatic heterocycles. The van der Waals surface area contributed by atoms with Crippen molar-refractivity contribution in [3.05, 3.63) is 76.7 Å². The van der Waals surface area contributed by atoms with Crippen LogP contribution in [0.15, 0.2) is 54.6 Å². The Morgan fingerprint density at radius 3 is 2.62 bits per heavy atom. The number of carbonyl (C=O) groups is 1. The van der Waals surface area contributed by atoms with Gasteiger partial charge in [0.15, 0.2) is 5.78 Å². The minimum Gasteiger partial charge on any atom is -0.497 e. The Labute approximate surface area is 143 Å². The van der Waals surface area contributed by atoms with E-state index in [-0.39, 0.29) is 11.6 Å². The van der Waals surface area contributed by atoms with Crippen molar-refractivity contribution < 1.29 is 13.9 Å². The SMILES string of the molecule is COc1ccc2nc(Cl)c(/C=C\C(=O)c3ccc(F)cc3)cc2c1. The van der Waals surface area contributed by atoms with E-state index in [9.17, 15) is 9.18 Å². The molecule has 0 aliphatic carbocycles. The van der Waals surface area contributed by atoms with Crippen LogP contribution < -0.4 is 4.74 Å². The maximum absolute atomic E-state index is 12.9. The number of pyridine rings is 1. The zero-order chi connectivity index (χ0) is 17.1. The van der Waals surface area contributed by atoms with Gasteiger partial charge in [-0.25, -0.2) is 9.37 Å². The number of hydrogen-bond acceptors (Lipinski definition) is 3. The summed E-state index contributed by atoms with van der Waals surface area (Å²) in [5.74, 6) is 0.0898. The molecule has 0 radical (unpaired) electrons. The van der Waals surface area contributed by atoms with Crippen LogP contribution in [0.4, 0.5) is 4.39 Å². The van der Waals surface area contributed by atoms with Crippen LogP contribution in [0.25, 0.3) is 17.0 Å². The van der Waals surface area contributed by atoms with Crippen molar-refractivity contribution in [2.24, 2.45) is 0 Å². The van der Waals surface area contributed by atoms with Gasteiger partial charge >= 0.3 is 0 Å². The van der Waals surface area contributed by atoms with Gasteiger partial charge in [0.05, 0.1) is 12.6 Å². The number of hydrogen-bond donors (Lipinski definition) is 0. The lowest BCUT2D eigenvalue weighted by atomic mass is 10.1. The Morgan fingerprint density at radius 1 is 1.17 bits per heavy atom. The first kappa shape index (κ1) is 16.1. The van der Waals surface area contributed by atoms with E-state index in [1.54, 1.807) is 19.3 Å². The second kappa shape index (κ2) is 6.81. The molecular formula is C19H13ClFNO2. The number of fused-ring (bicyclic) bond motifs is 1. The molecule has 0 saturated carbocycles. The predicted octanol–water partition coefficient (Wildman–Crippen LogP) is 4.93. The molecule has 0 saturated heterocycles. The quantitative estimate of drug-likeness (QED) is 0.383. The van der Waals surface area contributed by atoms with E-state index in [1.165, 1.54) is 30.3 Å². The molecule has 0 unspecified atom stereocenters. The van der Waals surface area contributed by atoms with Crippen LogP contribution in [0.3, 0.4) is 0 Å². The van der Waals surface area contributed by atoms with Gasteiger partial charge in [-0.3, -0.25) is 4.79 Å². The number of allylic oxidation sites excluding steroid dienone is 1. The van der Waals surface area contributed by atoms with Crippen molar-refractivity contribution in [1.82, 2.24) is 4.98 Å². The molecule has 1 heterocycles. The van der Waals surface area contributed by atoms with E-state index in [4.69, 9.17) is 16.3 Å². The first-order valence-electron chi connectivity index (χ1n) is 7.19. The van der Waals surface area contributed by atoms with E-state index >= 15 is 0 Å². The lowest BCUT2D eigenvalue weighted by molar-refractivity contribution is 0.104. The molecule has 0 aliphatic rings. The summed E-state index contributed by atoms with van der Waals surface area (Å²) in [5.41, 5.74) is 1.76. The van der Waals surface area contributed by atoms with E-state index in [0.717, 1.165) is 10.9 Å². The van der Waals surface area contributed by atoms with Gasteiger partial charge in [0.1, 0.15) is 16.7 Å². The molecule has 0 fully saturated rings. The highest BCUT2D eigenvalue weighted by Gasteiger charge is 2.06. The molecule has 24 heavy (non-hydrogen) atoms. The number of aromatic nitrogens is 1. The molecule has 5 heteroatoms. The zero-order valence-corrected chi connectivity index (χ0v) is 13.5. The fraction of sp³-hybridized carbons (Fsp3) is 0.0526. The van der Waals surface area contributed by atoms with Gasteiger partial charge in [-0.1, -0.05) is 11.6 Å². The summed E-state index contributed by atoms with van der Waals surface area (Å²) in [5, 5.41) is 1.16. The van der Waals surface area contributed by atoms with Crippen LogP contribution in [-0.2, 0) is 0 Å². The number of rotatable bonds is 4. The molecule has 0 spiro atoms. The number of nitrogens with zero attached hydrogens (tertiary/aromatic N) is 1. The van der Waals surface area contributed by atoms with Crippen molar-refractivity contribution in [2.45, 2.75) is 0 Å². The normalized spacial score (nSPS) is 11.1. The largest absolute Gasteiger partial charge is 0.497 e. The van der Waals surface area contributed by atoms with E-state index in [1.807, 2.05) is 18.2 Å². The summed E-state index contributed by atoms with van der Waals surface area (Å²) in [6.45, 7) is 0. The first-order valence-corrected chi connectivity index (χ1v) is 7.57. The van der Waals surface area contributed by atoms with Crippen LogP contribution in [0.1, 0.15) is 15.9 Å². The topological polar surface area (TPSA) is 39.2 Å². The molecule has 3 nitrogen and oxygen atoms in total. The number of carbonyl (C=O) groups excluding carboxylic acids is 1. The Morgan fingerprint density at radius 2 is 1.92 bits per heavy atom. The third-order valence-corrected chi connectivity index (χ3v) is 3.85. The second-order valence-electron chi connectivity index (χ2n) is 5.13. The minimum absolute atomic E-state index is 0.239.